The molecule has 11 heteroatoms. The molecule has 2 amide bonds. The number of rotatable bonds is 8. The second-order valence-electron chi connectivity index (χ2n) is 7.04. The van der Waals surface area contributed by atoms with Crippen molar-refractivity contribution >= 4 is 39.4 Å². The first-order valence-corrected chi connectivity index (χ1v) is 12.1. The molecule has 0 saturated carbocycles. The molecule has 30 heavy (non-hydrogen) atoms. The first kappa shape index (κ1) is 22.3. The molecule has 9 nitrogen and oxygen atoms in total. The molecule has 2 aromatic rings. The van der Waals surface area contributed by atoms with Crippen LogP contribution in [0.1, 0.15) is 35.0 Å². The van der Waals surface area contributed by atoms with Crippen LogP contribution < -0.4 is 10.6 Å². The zero-order valence-electron chi connectivity index (χ0n) is 17.1. The molecule has 0 saturated heterocycles. The van der Waals surface area contributed by atoms with Gasteiger partial charge in [0, 0.05) is 43.3 Å². The molecule has 0 aliphatic carbocycles. The molecule has 1 aliphatic heterocycles. The standard InChI is InChI=1S/C19H25N5O4S2/c1-4-9-20-17(25)10-24-18(15-11-29-12-16(15)22-24)21-19(26)13-5-7-14(8-6-13)30(27,28)23(2)3/h5-8H,4,9-12H2,1-3H3,(H,20,25)(H,21,26). The maximum Gasteiger partial charge on any atom is 0.256 e. The maximum absolute atomic E-state index is 12.8. The predicted octanol–water partition coefficient (Wildman–Crippen LogP) is 1.66. The molecule has 162 valence electrons. The number of carbonyl (C=O) groups excluding carboxylic acids is 2. The highest BCUT2D eigenvalue weighted by Crippen LogP contribution is 2.34. The van der Waals surface area contributed by atoms with E-state index in [1.807, 2.05) is 6.92 Å². The third kappa shape index (κ3) is 4.68. The third-order valence-electron chi connectivity index (χ3n) is 4.61. The number of hydrogen-bond acceptors (Lipinski definition) is 6. The van der Waals surface area contributed by atoms with Gasteiger partial charge >= 0.3 is 0 Å². The van der Waals surface area contributed by atoms with Crippen molar-refractivity contribution in [3.05, 3.63) is 41.1 Å². The van der Waals surface area contributed by atoms with Crippen LogP contribution in [0.25, 0.3) is 0 Å². The lowest BCUT2D eigenvalue weighted by Gasteiger charge is -2.13. The second kappa shape index (κ2) is 9.19. The van der Waals surface area contributed by atoms with Gasteiger partial charge in [0.25, 0.3) is 5.91 Å². The van der Waals surface area contributed by atoms with Crippen LogP contribution in [-0.4, -0.2) is 55.0 Å². The van der Waals surface area contributed by atoms with Gasteiger partial charge < -0.3 is 10.6 Å². The summed E-state index contributed by atoms with van der Waals surface area (Å²) in [5.74, 6) is 1.40. The molecule has 0 fully saturated rings. The van der Waals surface area contributed by atoms with Crippen LogP contribution in [0.5, 0.6) is 0 Å². The fraction of sp³-hybridized carbons (Fsp3) is 0.421. The first-order chi connectivity index (χ1) is 14.2. The van der Waals surface area contributed by atoms with E-state index < -0.39 is 15.9 Å². The van der Waals surface area contributed by atoms with E-state index in [1.54, 1.807) is 11.8 Å². The summed E-state index contributed by atoms with van der Waals surface area (Å²) >= 11 is 1.70. The van der Waals surface area contributed by atoms with E-state index in [0.29, 0.717) is 23.7 Å². The summed E-state index contributed by atoms with van der Waals surface area (Å²) in [6, 6.07) is 5.74. The number of nitrogens with zero attached hydrogens (tertiary/aromatic N) is 3. The summed E-state index contributed by atoms with van der Waals surface area (Å²) in [7, 11) is -0.663. The van der Waals surface area contributed by atoms with Crippen LogP contribution in [-0.2, 0) is 32.9 Å². The smallest absolute Gasteiger partial charge is 0.256 e. The highest BCUT2D eigenvalue weighted by molar-refractivity contribution is 7.98. The molecule has 1 aromatic heterocycles. The van der Waals surface area contributed by atoms with Crippen LogP contribution in [0.15, 0.2) is 29.2 Å². The summed E-state index contributed by atoms with van der Waals surface area (Å²) in [5, 5.41) is 10.2. The van der Waals surface area contributed by atoms with Crippen LogP contribution in [0.4, 0.5) is 5.82 Å². The number of sulfonamides is 1. The number of thioether (sulfide) groups is 1. The minimum atomic E-state index is -3.56. The number of amides is 2. The van der Waals surface area contributed by atoms with E-state index >= 15 is 0 Å². The van der Waals surface area contributed by atoms with Gasteiger partial charge in [0.15, 0.2) is 0 Å². The minimum Gasteiger partial charge on any atom is -0.355 e. The van der Waals surface area contributed by atoms with Crippen molar-refractivity contribution in [2.24, 2.45) is 0 Å². The quantitative estimate of drug-likeness (QED) is 0.631. The number of hydrogen-bond donors (Lipinski definition) is 2. The Morgan fingerprint density at radius 3 is 2.53 bits per heavy atom. The van der Waals surface area contributed by atoms with Gasteiger partial charge in [-0.2, -0.15) is 16.9 Å². The van der Waals surface area contributed by atoms with Crippen molar-refractivity contribution in [1.82, 2.24) is 19.4 Å². The Kier molecular flexibility index (Phi) is 6.84. The summed E-state index contributed by atoms with van der Waals surface area (Å²) < 4.78 is 27.0. The lowest BCUT2D eigenvalue weighted by atomic mass is 10.2. The third-order valence-corrected chi connectivity index (χ3v) is 7.41. The van der Waals surface area contributed by atoms with E-state index in [4.69, 9.17) is 0 Å². The van der Waals surface area contributed by atoms with E-state index in [1.165, 1.54) is 43.0 Å². The lowest BCUT2D eigenvalue weighted by Crippen LogP contribution is -2.29. The SMILES string of the molecule is CCCNC(=O)Cn1nc2c(c1NC(=O)c1ccc(S(=O)(=O)N(C)C)cc1)CSC2. The Morgan fingerprint density at radius 1 is 1.20 bits per heavy atom. The largest absolute Gasteiger partial charge is 0.355 e. The normalized spacial score (nSPS) is 13.3. The highest BCUT2D eigenvalue weighted by atomic mass is 32.2. The Balaban J connectivity index is 1.80. The van der Waals surface area contributed by atoms with Crippen molar-refractivity contribution in [3.63, 3.8) is 0 Å². The van der Waals surface area contributed by atoms with Gasteiger partial charge in [0.1, 0.15) is 12.4 Å². The number of anilines is 1. The van der Waals surface area contributed by atoms with Crippen LogP contribution in [0, 0.1) is 0 Å². The average Bonchev–Trinajstić information content (AvgIpc) is 3.29. The fourth-order valence-corrected chi connectivity index (χ4v) is 4.88. The lowest BCUT2D eigenvalue weighted by molar-refractivity contribution is -0.121. The topological polar surface area (TPSA) is 113 Å². The Bertz CT molecular complexity index is 1050. The summed E-state index contributed by atoms with van der Waals surface area (Å²) in [6.45, 7) is 2.58. The second-order valence-corrected chi connectivity index (χ2v) is 10.2. The van der Waals surface area contributed by atoms with Crippen molar-refractivity contribution in [3.8, 4) is 0 Å². The number of benzene rings is 1. The molecular weight excluding hydrogens is 426 g/mol. The molecule has 2 N–H and O–H groups in total. The molecular formula is C19H25N5O4S2. The molecule has 2 heterocycles. The van der Waals surface area contributed by atoms with Crippen LogP contribution in [0.2, 0.25) is 0 Å². The molecule has 1 aromatic carbocycles. The van der Waals surface area contributed by atoms with Crippen molar-refractivity contribution in [2.75, 3.05) is 26.0 Å². The van der Waals surface area contributed by atoms with Gasteiger partial charge in [-0.1, -0.05) is 6.92 Å². The molecule has 0 bridgehead atoms. The van der Waals surface area contributed by atoms with Crippen LogP contribution in [0.3, 0.4) is 0 Å². The van der Waals surface area contributed by atoms with E-state index in [0.717, 1.165) is 27.7 Å². The molecule has 0 radical (unpaired) electrons. The number of aromatic nitrogens is 2. The molecule has 1 aliphatic rings. The zero-order valence-corrected chi connectivity index (χ0v) is 18.8. The number of carbonyl (C=O) groups is 2. The van der Waals surface area contributed by atoms with Gasteiger partial charge in [-0.25, -0.2) is 17.4 Å². The zero-order chi connectivity index (χ0) is 21.9. The molecule has 0 unspecified atom stereocenters. The van der Waals surface area contributed by atoms with Crippen molar-refractivity contribution in [1.29, 1.82) is 0 Å². The Labute approximate surface area is 180 Å². The van der Waals surface area contributed by atoms with Crippen molar-refractivity contribution < 1.29 is 18.0 Å². The maximum atomic E-state index is 12.8. The fourth-order valence-electron chi connectivity index (χ4n) is 2.95. The van der Waals surface area contributed by atoms with Gasteiger partial charge in [-0.05, 0) is 30.7 Å². The minimum absolute atomic E-state index is 0.0211. The summed E-state index contributed by atoms with van der Waals surface area (Å²) in [5.41, 5.74) is 2.10. The summed E-state index contributed by atoms with van der Waals surface area (Å²) in [6.07, 6.45) is 0.834. The Hall–Kier alpha value is -2.37. The average molecular weight is 452 g/mol. The van der Waals surface area contributed by atoms with E-state index in [2.05, 4.69) is 15.7 Å². The van der Waals surface area contributed by atoms with Crippen LogP contribution >= 0.6 is 11.8 Å². The number of fused-ring (bicyclic) bond motifs is 1. The predicted molar refractivity (Wildman–Crippen MR) is 116 cm³/mol. The van der Waals surface area contributed by atoms with Gasteiger partial charge in [0.2, 0.25) is 15.9 Å². The molecule has 0 spiro atoms. The monoisotopic (exact) mass is 451 g/mol. The van der Waals surface area contributed by atoms with Gasteiger partial charge in [-0.15, -0.1) is 0 Å². The van der Waals surface area contributed by atoms with Gasteiger partial charge in [0.05, 0.1) is 10.6 Å². The number of nitrogens with one attached hydrogen (secondary N) is 2. The van der Waals surface area contributed by atoms with E-state index in [9.17, 15) is 18.0 Å². The molecule has 3 rings (SSSR count). The summed E-state index contributed by atoms with van der Waals surface area (Å²) in [4.78, 5) is 25.0. The van der Waals surface area contributed by atoms with Crippen molar-refractivity contribution in [2.45, 2.75) is 36.3 Å². The Morgan fingerprint density at radius 2 is 1.90 bits per heavy atom. The van der Waals surface area contributed by atoms with Gasteiger partial charge in [-0.3, -0.25) is 9.59 Å². The first-order valence-electron chi connectivity index (χ1n) is 9.51. The highest BCUT2D eigenvalue weighted by Gasteiger charge is 2.25. The van der Waals surface area contributed by atoms with E-state index in [-0.39, 0.29) is 17.3 Å². The molecule has 0 atom stereocenters.